The Labute approximate surface area is 147 Å². The van der Waals surface area contributed by atoms with Crippen LogP contribution >= 0.6 is 0 Å². The van der Waals surface area contributed by atoms with E-state index in [1.807, 2.05) is 6.92 Å². The van der Waals surface area contributed by atoms with Gasteiger partial charge in [0.05, 0.1) is 6.10 Å². The van der Waals surface area contributed by atoms with E-state index in [2.05, 4.69) is 19.9 Å². The van der Waals surface area contributed by atoms with Crippen molar-refractivity contribution in [2.24, 2.45) is 40.4 Å². The third kappa shape index (κ3) is 2.28. The highest BCUT2D eigenvalue weighted by molar-refractivity contribution is 5.25. The van der Waals surface area contributed by atoms with Gasteiger partial charge in [-0.2, -0.15) is 0 Å². The first-order valence-corrected chi connectivity index (χ1v) is 10.4. The van der Waals surface area contributed by atoms with Crippen LogP contribution in [0.15, 0.2) is 11.6 Å². The van der Waals surface area contributed by atoms with Crippen LogP contribution in [0, 0.1) is 40.4 Å². The summed E-state index contributed by atoms with van der Waals surface area (Å²) in [6, 6.07) is 0. The molecule has 0 radical (unpaired) electrons. The molecule has 3 fully saturated rings. The molecule has 0 bridgehead atoms. The molecule has 3 saturated carbocycles. The van der Waals surface area contributed by atoms with Crippen molar-refractivity contribution >= 4 is 0 Å². The summed E-state index contributed by atoms with van der Waals surface area (Å²) in [5.41, 5.74) is 2.42. The van der Waals surface area contributed by atoms with E-state index < -0.39 is 0 Å². The Morgan fingerprint density at radius 3 is 2.62 bits per heavy atom. The average Bonchev–Trinajstić information content (AvgIpc) is 2.91. The maximum atomic E-state index is 10.3. The molecule has 0 spiro atoms. The normalized spacial score (nSPS) is 52.0. The Kier molecular flexibility index (Phi) is 4.16. The molecular formula is C22H36O2. The zero-order valence-corrected chi connectivity index (χ0v) is 15.8. The molecule has 4 aliphatic carbocycles. The molecule has 0 saturated heterocycles. The van der Waals surface area contributed by atoms with Crippen LogP contribution in [-0.2, 0) is 0 Å². The summed E-state index contributed by atoms with van der Waals surface area (Å²) in [6.07, 6.45) is 12.5. The lowest BCUT2D eigenvalue weighted by atomic mass is 9.47. The van der Waals surface area contributed by atoms with E-state index in [1.54, 1.807) is 5.57 Å². The van der Waals surface area contributed by atoms with Gasteiger partial charge < -0.3 is 10.2 Å². The summed E-state index contributed by atoms with van der Waals surface area (Å²) in [5, 5.41) is 19.9. The van der Waals surface area contributed by atoms with Gasteiger partial charge in [0, 0.05) is 6.61 Å². The second-order valence-electron chi connectivity index (χ2n) is 10.0. The van der Waals surface area contributed by atoms with Crippen LogP contribution in [-0.4, -0.2) is 22.9 Å². The molecule has 0 aliphatic heterocycles. The lowest BCUT2D eigenvalue weighted by molar-refractivity contribution is -0.0650. The van der Waals surface area contributed by atoms with Gasteiger partial charge in [0.15, 0.2) is 0 Å². The minimum Gasteiger partial charge on any atom is -0.396 e. The lowest BCUT2D eigenvalue weighted by Gasteiger charge is -2.58. The van der Waals surface area contributed by atoms with Gasteiger partial charge in [-0.15, -0.1) is 0 Å². The van der Waals surface area contributed by atoms with Gasteiger partial charge in [-0.3, -0.25) is 0 Å². The molecule has 0 aromatic carbocycles. The van der Waals surface area contributed by atoms with E-state index in [-0.39, 0.29) is 6.10 Å². The van der Waals surface area contributed by atoms with Gasteiger partial charge in [0.25, 0.3) is 0 Å². The molecule has 4 rings (SSSR count). The molecule has 0 amide bonds. The number of rotatable bonds is 2. The van der Waals surface area contributed by atoms with E-state index in [1.165, 1.54) is 44.9 Å². The Balaban J connectivity index is 1.62. The third-order valence-corrected chi connectivity index (χ3v) is 9.12. The van der Waals surface area contributed by atoms with Gasteiger partial charge in [-0.25, -0.2) is 0 Å². The molecule has 2 heteroatoms. The highest BCUT2D eigenvalue weighted by Crippen LogP contribution is 2.66. The van der Waals surface area contributed by atoms with Crippen LogP contribution in [0.25, 0.3) is 0 Å². The second kappa shape index (κ2) is 5.84. The van der Waals surface area contributed by atoms with Gasteiger partial charge in [0.2, 0.25) is 0 Å². The summed E-state index contributed by atoms with van der Waals surface area (Å²) in [6.45, 7) is 7.40. The Bertz CT molecular complexity index is 524. The maximum Gasteiger partial charge on any atom is 0.0545 e. The highest BCUT2D eigenvalue weighted by Gasteiger charge is 2.59. The first-order valence-electron chi connectivity index (χ1n) is 10.4. The van der Waals surface area contributed by atoms with Gasteiger partial charge in [-0.05, 0) is 98.7 Å². The fourth-order valence-electron chi connectivity index (χ4n) is 7.73. The van der Waals surface area contributed by atoms with E-state index in [0.717, 1.165) is 24.2 Å². The smallest absolute Gasteiger partial charge is 0.0545 e. The van der Waals surface area contributed by atoms with Crippen LogP contribution in [0.2, 0.25) is 0 Å². The predicted octanol–water partition coefficient (Wildman–Crippen LogP) is 4.55. The van der Waals surface area contributed by atoms with E-state index in [0.29, 0.717) is 29.3 Å². The topological polar surface area (TPSA) is 40.5 Å². The quantitative estimate of drug-likeness (QED) is 0.728. The number of fused-ring (bicyclic) bond motifs is 5. The standard InChI is InChI=1S/C22H36O2/c1-14(24)18-6-7-19-17-5-4-16-12-15(13-23)8-10-21(16,2)20(17)9-11-22(18,19)3/h4,14-15,17-20,23-24H,5-13H2,1-3H3/t14-,15+,17?,18-,19?,20?,21+,22-/m1/s1. The van der Waals surface area contributed by atoms with Crippen LogP contribution in [0.3, 0.4) is 0 Å². The molecule has 2 nitrogen and oxygen atoms in total. The van der Waals surface area contributed by atoms with Crippen molar-refractivity contribution in [1.82, 2.24) is 0 Å². The van der Waals surface area contributed by atoms with Crippen molar-refractivity contribution in [2.75, 3.05) is 6.61 Å². The molecule has 3 unspecified atom stereocenters. The number of hydrogen-bond donors (Lipinski definition) is 2. The van der Waals surface area contributed by atoms with Crippen molar-refractivity contribution in [3.8, 4) is 0 Å². The molecule has 0 aromatic heterocycles. The fourth-order valence-corrected chi connectivity index (χ4v) is 7.73. The summed E-state index contributed by atoms with van der Waals surface area (Å²) < 4.78 is 0. The molecular weight excluding hydrogens is 296 g/mol. The number of aliphatic hydroxyl groups is 2. The minimum absolute atomic E-state index is 0.151. The Morgan fingerprint density at radius 1 is 1.12 bits per heavy atom. The largest absolute Gasteiger partial charge is 0.396 e. The minimum atomic E-state index is -0.151. The molecule has 24 heavy (non-hydrogen) atoms. The number of allylic oxidation sites excluding steroid dienone is 2. The Morgan fingerprint density at radius 2 is 1.92 bits per heavy atom. The van der Waals surface area contributed by atoms with E-state index >= 15 is 0 Å². The first kappa shape index (κ1) is 17.1. The monoisotopic (exact) mass is 332 g/mol. The van der Waals surface area contributed by atoms with Crippen molar-refractivity contribution in [2.45, 2.75) is 78.2 Å². The van der Waals surface area contributed by atoms with Crippen molar-refractivity contribution in [1.29, 1.82) is 0 Å². The van der Waals surface area contributed by atoms with E-state index in [4.69, 9.17) is 0 Å². The highest BCUT2D eigenvalue weighted by atomic mass is 16.3. The summed E-state index contributed by atoms with van der Waals surface area (Å²) in [5.74, 6) is 3.48. The van der Waals surface area contributed by atoms with Crippen molar-refractivity contribution in [3.05, 3.63) is 11.6 Å². The SMILES string of the molecule is C[C@@H](O)[C@H]1CCC2C3CC=C4C[C@@H](CO)CC[C@]4(C)C3CC[C@@]21C. The summed E-state index contributed by atoms with van der Waals surface area (Å²) >= 11 is 0. The van der Waals surface area contributed by atoms with Gasteiger partial charge in [-0.1, -0.05) is 25.5 Å². The van der Waals surface area contributed by atoms with Gasteiger partial charge in [0.1, 0.15) is 0 Å². The predicted molar refractivity (Wildman–Crippen MR) is 97.4 cm³/mol. The zero-order chi connectivity index (χ0) is 17.1. The van der Waals surface area contributed by atoms with Gasteiger partial charge >= 0.3 is 0 Å². The Hall–Kier alpha value is -0.340. The third-order valence-electron chi connectivity index (χ3n) is 9.12. The summed E-state index contributed by atoms with van der Waals surface area (Å²) in [7, 11) is 0. The fraction of sp³-hybridized carbons (Fsp3) is 0.909. The summed E-state index contributed by atoms with van der Waals surface area (Å²) in [4.78, 5) is 0. The zero-order valence-electron chi connectivity index (χ0n) is 15.8. The molecule has 8 atom stereocenters. The van der Waals surface area contributed by atoms with Crippen LogP contribution < -0.4 is 0 Å². The number of aliphatic hydroxyl groups excluding tert-OH is 2. The first-order chi connectivity index (χ1) is 11.4. The van der Waals surface area contributed by atoms with Crippen LogP contribution in [0.5, 0.6) is 0 Å². The average molecular weight is 333 g/mol. The van der Waals surface area contributed by atoms with Crippen molar-refractivity contribution < 1.29 is 10.2 Å². The molecule has 0 heterocycles. The second-order valence-corrected chi connectivity index (χ2v) is 10.0. The molecule has 136 valence electrons. The van der Waals surface area contributed by atoms with Crippen LogP contribution in [0.1, 0.15) is 72.1 Å². The van der Waals surface area contributed by atoms with Crippen LogP contribution in [0.4, 0.5) is 0 Å². The molecule has 4 aliphatic rings. The lowest BCUT2D eigenvalue weighted by Crippen LogP contribution is -2.51. The molecule has 2 N–H and O–H groups in total. The number of hydrogen-bond acceptors (Lipinski definition) is 2. The van der Waals surface area contributed by atoms with Crippen molar-refractivity contribution in [3.63, 3.8) is 0 Å². The maximum absolute atomic E-state index is 10.3. The van der Waals surface area contributed by atoms with E-state index in [9.17, 15) is 10.2 Å². The molecule has 0 aromatic rings.